The average molecular weight is 527 g/mol. The maximum atomic E-state index is 12.0. The Morgan fingerprint density at radius 1 is 1.09 bits per heavy atom. The van der Waals surface area contributed by atoms with Crippen molar-refractivity contribution in [1.29, 1.82) is 0 Å². The van der Waals surface area contributed by atoms with E-state index in [1.165, 1.54) is 6.42 Å². The summed E-state index contributed by atoms with van der Waals surface area (Å²) in [7, 11) is 7.18. The first-order valence-electron chi connectivity index (χ1n) is 12.1. The minimum atomic E-state index is -0.0656. The fraction of sp³-hybridized carbons (Fsp3) is 0.615. The third-order valence-electron chi connectivity index (χ3n) is 3.67. The fourth-order valence-corrected chi connectivity index (χ4v) is 4.25. The zero-order valence-corrected chi connectivity index (χ0v) is 24.2. The first-order chi connectivity index (χ1) is 16.9. The van der Waals surface area contributed by atoms with E-state index in [-0.39, 0.29) is 17.9 Å². The zero-order chi connectivity index (χ0) is 26.7. The van der Waals surface area contributed by atoms with Gasteiger partial charge in [-0.1, -0.05) is 80.7 Å². The van der Waals surface area contributed by atoms with Crippen LogP contribution in [0.3, 0.4) is 0 Å². The summed E-state index contributed by atoms with van der Waals surface area (Å²) in [5.74, 6) is 4.36. The van der Waals surface area contributed by atoms with E-state index in [0.717, 1.165) is 24.1 Å². The van der Waals surface area contributed by atoms with Crippen LogP contribution < -0.4 is 21.3 Å². The van der Waals surface area contributed by atoms with Gasteiger partial charge in [0.15, 0.2) is 0 Å². The van der Waals surface area contributed by atoms with Crippen LogP contribution in [0.1, 0.15) is 62.3 Å². The van der Waals surface area contributed by atoms with Crippen molar-refractivity contribution in [3.8, 4) is 12.0 Å². The highest BCUT2D eigenvalue weighted by molar-refractivity contribution is 8.76. The predicted molar refractivity (Wildman–Crippen MR) is 154 cm³/mol. The molecule has 0 radical (unpaired) electrons. The molecule has 0 saturated carbocycles. The van der Waals surface area contributed by atoms with Gasteiger partial charge in [-0.2, -0.15) is 0 Å². The molecule has 1 aromatic rings. The summed E-state index contributed by atoms with van der Waals surface area (Å²) in [6.45, 7) is 13.1. The van der Waals surface area contributed by atoms with Gasteiger partial charge < -0.3 is 25.5 Å². The van der Waals surface area contributed by atoms with Crippen molar-refractivity contribution < 1.29 is 14.3 Å². The molecule has 0 heterocycles. The second-order valence-corrected chi connectivity index (χ2v) is 10.2. The van der Waals surface area contributed by atoms with Crippen LogP contribution >= 0.6 is 21.6 Å². The standard InChI is InChI=1S/C17H27N3O3S2.C6H11N.C3H8/c1-3-24-25-17(20-10-12-23-13-11-21)15-6-4-14(5-7-15)16(22)19-9-8-18-2;1-6(2)4-5-7-3;1-3-2/h4-7,11,17-18,20H,3,8-10,12-13H2,1-2H3,(H,19,22);6-7H,1-3H3;3H2,1-2H3. The average Bonchev–Trinajstić information content (AvgIpc) is 2.85. The second-order valence-electron chi connectivity index (χ2n) is 7.44. The first kappa shape index (κ1) is 35.5. The fourth-order valence-electron chi connectivity index (χ4n) is 2.17. The van der Waals surface area contributed by atoms with E-state index in [0.29, 0.717) is 31.2 Å². The number of benzene rings is 1. The summed E-state index contributed by atoms with van der Waals surface area (Å²) in [4.78, 5) is 22.3. The maximum absolute atomic E-state index is 12.0. The van der Waals surface area contributed by atoms with Crippen molar-refractivity contribution in [1.82, 2.24) is 21.3 Å². The lowest BCUT2D eigenvalue weighted by molar-refractivity contribution is -0.111. The summed E-state index contributed by atoms with van der Waals surface area (Å²) in [6.07, 6.45) is 2.00. The van der Waals surface area contributed by atoms with Crippen LogP contribution in [0.5, 0.6) is 0 Å². The van der Waals surface area contributed by atoms with Crippen LogP contribution in [0.15, 0.2) is 24.3 Å². The number of rotatable bonds is 14. The van der Waals surface area contributed by atoms with Gasteiger partial charge in [0, 0.05) is 50.0 Å². The lowest BCUT2D eigenvalue weighted by Gasteiger charge is -2.18. The van der Waals surface area contributed by atoms with E-state index in [2.05, 4.69) is 67.9 Å². The summed E-state index contributed by atoms with van der Waals surface area (Å²) >= 11 is 0. The van der Waals surface area contributed by atoms with Crippen LogP contribution in [0.2, 0.25) is 0 Å². The van der Waals surface area contributed by atoms with E-state index >= 15 is 0 Å². The molecular weight excluding hydrogens is 480 g/mol. The van der Waals surface area contributed by atoms with E-state index in [4.69, 9.17) is 4.74 Å². The van der Waals surface area contributed by atoms with Crippen LogP contribution in [-0.2, 0) is 9.53 Å². The molecule has 0 fully saturated rings. The summed E-state index contributed by atoms with van der Waals surface area (Å²) in [5, 5.41) is 12.1. The normalized spacial score (nSPS) is 10.5. The van der Waals surface area contributed by atoms with Crippen molar-refractivity contribution in [3.63, 3.8) is 0 Å². The Balaban J connectivity index is 0. The first-order valence-corrected chi connectivity index (χ1v) is 14.5. The van der Waals surface area contributed by atoms with Gasteiger partial charge in [0.05, 0.1) is 12.0 Å². The third kappa shape index (κ3) is 22.5. The summed E-state index contributed by atoms with van der Waals surface area (Å²) in [6, 6.07) is 10.4. The largest absolute Gasteiger partial charge is 0.373 e. The lowest BCUT2D eigenvalue weighted by Crippen LogP contribution is -2.30. The van der Waals surface area contributed by atoms with Gasteiger partial charge in [0.25, 0.3) is 5.91 Å². The van der Waals surface area contributed by atoms with Crippen LogP contribution in [0.25, 0.3) is 0 Å². The lowest BCUT2D eigenvalue weighted by atomic mass is 10.1. The maximum Gasteiger partial charge on any atom is 0.251 e. The Bertz CT molecular complexity index is 692. The van der Waals surface area contributed by atoms with Crippen LogP contribution in [0.4, 0.5) is 0 Å². The molecule has 0 saturated heterocycles. The smallest absolute Gasteiger partial charge is 0.251 e. The Morgan fingerprint density at radius 3 is 2.23 bits per heavy atom. The van der Waals surface area contributed by atoms with Gasteiger partial charge >= 0.3 is 0 Å². The van der Waals surface area contributed by atoms with Gasteiger partial charge in [0.2, 0.25) is 0 Å². The molecule has 1 amide bonds. The summed E-state index contributed by atoms with van der Waals surface area (Å²) < 4.78 is 5.17. The minimum Gasteiger partial charge on any atom is -0.373 e. The van der Waals surface area contributed by atoms with Crippen molar-refractivity contribution in [3.05, 3.63) is 35.4 Å². The highest BCUT2D eigenvalue weighted by atomic mass is 33.1. The number of amides is 1. The third-order valence-corrected chi connectivity index (χ3v) is 6.36. The molecule has 1 unspecified atom stereocenters. The number of ether oxygens (including phenoxy) is 1. The van der Waals surface area contributed by atoms with Crippen molar-refractivity contribution in [2.24, 2.45) is 5.92 Å². The Hall–Kier alpha value is -1.70. The zero-order valence-electron chi connectivity index (χ0n) is 22.5. The molecular formula is C26H46N4O3S2. The Kier molecular flexibility index (Phi) is 27.3. The number of likely N-dealkylation sites (N-methyl/N-ethyl adjacent to an activating group) is 1. The van der Waals surface area contributed by atoms with Gasteiger partial charge in [-0.25, -0.2) is 0 Å². The molecule has 4 N–H and O–H groups in total. The molecule has 200 valence electrons. The Morgan fingerprint density at radius 2 is 1.74 bits per heavy atom. The quantitative estimate of drug-likeness (QED) is 0.0720. The molecule has 9 heteroatoms. The number of hydrogen-bond donors (Lipinski definition) is 4. The predicted octanol–water partition coefficient (Wildman–Crippen LogP) is 4.08. The highest BCUT2D eigenvalue weighted by Gasteiger charge is 2.13. The molecule has 1 rings (SSSR count). The van der Waals surface area contributed by atoms with E-state index in [1.807, 2.05) is 38.4 Å². The van der Waals surface area contributed by atoms with Gasteiger partial charge in [-0.15, -0.1) is 0 Å². The molecule has 0 spiro atoms. The second kappa shape index (κ2) is 26.9. The molecule has 0 aliphatic rings. The van der Waals surface area contributed by atoms with Crippen LogP contribution in [-0.4, -0.2) is 64.9 Å². The topological polar surface area (TPSA) is 91.5 Å². The van der Waals surface area contributed by atoms with Crippen molar-refractivity contribution in [2.45, 2.75) is 46.4 Å². The molecule has 35 heavy (non-hydrogen) atoms. The van der Waals surface area contributed by atoms with Crippen LogP contribution in [0, 0.1) is 17.9 Å². The van der Waals surface area contributed by atoms with E-state index in [1.54, 1.807) is 21.6 Å². The van der Waals surface area contributed by atoms with E-state index in [9.17, 15) is 9.59 Å². The van der Waals surface area contributed by atoms with Gasteiger partial charge in [0.1, 0.15) is 12.9 Å². The molecule has 1 atom stereocenters. The SMILES string of the molecule is CCC.CCSSC(NCCOCC=O)c1ccc(C(=O)NCCNC)cc1.CNC#CC(C)C. The van der Waals surface area contributed by atoms with Gasteiger partial charge in [-0.05, 0) is 24.7 Å². The molecule has 0 bridgehead atoms. The minimum absolute atomic E-state index is 0.0656. The molecule has 0 aliphatic heterocycles. The highest BCUT2D eigenvalue weighted by Crippen LogP contribution is 2.35. The molecule has 7 nitrogen and oxygen atoms in total. The monoisotopic (exact) mass is 526 g/mol. The van der Waals surface area contributed by atoms with Gasteiger partial charge in [-0.3, -0.25) is 10.1 Å². The summed E-state index contributed by atoms with van der Waals surface area (Å²) in [5.41, 5.74) is 1.76. The van der Waals surface area contributed by atoms with E-state index < -0.39 is 0 Å². The van der Waals surface area contributed by atoms with Crippen molar-refractivity contribution in [2.75, 3.05) is 52.7 Å². The molecule has 0 aliphatic carbocycles. The number of hydrogen-bond acceptors (Lipinski definition) is 8. The number of carbonyl (C=O) groups excluding carboxylic acids is 2. The number of carbonyl (C=O) groups is 2. The number of nitrogens with one attached hydrogen (secondary N) is 4. The molecule has 0 aromatic heterocycles. The number of aldehydes is 1. The van der Waals surface area contributed by atoms with Crippen molar-refractivity contribution >= 4 is 33.8 Å². The Labute approximate surface area is 221 Å². The molecule has 1 aromatic carbocycles.